The number of hydrogen-bond donors (Lipinski definition) is 2. The van der Waals surface area contributed by atoms with Gasteiger partial charge in [0.05, 0.1) is 27.0 Å². The average Bonchev–Trinajstić information content (AvgIpc) is 2.84. The van der Waals surface area contributed by atoms with Gasteiger partial charge in [-0.3, -0.25) is 4.79 Å². The van der Waals surface area contributed by atoms with Crippen LogP contribution < -0.4 is 31.1 Å². The minimum absolute atomic E-state index is 0.180. The van der Waals surface area contributed by atoms with E-state index in [0.29, 0.717) is 17.2 Å². The molecule has 6 heteroatoms. The van der Waals surface area contributed by atoms with Crippen LogP contribution in [0.15, 0.2) is 29.1 Å². The van der Waals surface area contributed by atoms with Gasteiger partial charge < -0.3 is 25.7 Å². The molecular weight excluding hydrogens is 320 g/mol. The van der Waals surface area contributed by atoms with Crippen LogP contribution in [-0.2, 0) is 6.42 Å². The number of aryl methyl sites for hydroxylation is 1. The van der Waals surface area contributed by atoms with Crippen molar-refractivity contribution in [1.29, 1.82) is 0 Å². The van der Waals surface area contributed by atoms with E-state index in [1.165, 1.54) is 6.07 Å². The van der Waals surface area contributed by atoms with Gasteiger partial charge in [0, 0.05) is 11.6 Å². The van der Waals surface area contributed by atoms with Crippen molar-refractivity contribution in [3.63, 3.8) is 0 Å². The number of benzene rings is 1. The normalized spacial score (nSPS) is 15.6. The summed E-state index contributed by atoms with van der Waals surface area (Å²) in [6.07, 6.45) is 1.46. The molecule has 0 heterocycles. The highest BCUT2D eigenvalue weighted by Crippen LogP contribution is 2.49. The molecule has 25 heavy (non-hydrogen) atoms. The zero-order chi connectivity index (χ0) is 18.1. The topological polar surface area (TPSA) is 96.8 Å². The van der Waals surface area contributed by atoms with Crippen LogP contribution in [0.3, 0.4) is 0 Å². The first-order valence-corrected chi connectivity index (χ1v) is 8.03. The summed E-state index contributed by atoms with van der Waals surface area (Å²) >= 11 is 0. The number of nitrogen functional groups attached to an aromatic ring is 1. The van der Waals surface area contributed by atoms with E-state index in [1.54, 1.807) is 33.5 Å². The van der Waals surface area contributed by atoms with E-state index < -0.39 is 0 Å². The minimum Gasteiger partial charge on any atom is -0.493 e. The predicted octanol–water partition coefficient (Wildman–Crippen LogP) is 2.27. The van der Waals surface area contributed by atoms with Crippen LogP contribution in [0.5, 0.6) is 17.2 Å². The predicted molar refractivity (Wildman–Crippen MR) is 97.5 cm³/mol. The number of fused-ring (bicyclic) bond motifs is 3. The molecule has 1 aliphatic carbocycles. The molecule has 0 saturated heterocycles. The fourth-order valence-electron chi connectivity index (χ4n) is 3.37. The summed E-state index contributed by atoms with van der Waals surface area (Å²) in [6, 6.07) is 6.59. The third kappa shape index (κ3) is 2.78. The van der Waals surface area contributed by atoms with E-state index in [2.05, 4.69) is 0 Å². The molecule has 0 fully saturated rings. The van der Waals surface area contributed by atoms with Gasteiger partial charge in [0.2, 0.25) is 11.2 Å². The van der Waals surface area contributed by atoms with Gasteiger partial charge >= 0.3 is 0 Å². The molecule has 4 N–H and O–H groups in total. The molecule has 132 valence electrons. The second-order valence-corrected chi connectivity index (χ2v) is 5.99. The number of nitrogens with two attached hydrogens (primary N) is 2. The number of hydrogen-bond acceptors (Lipinski definition) is 6. The Bertz CT molecular complexity index is 880. The third-order valence-corrected chi connectivity index (χ3v) is 4.61. The monoisotopic (exact) mass is 342 g/mol. The van der Waals surface area contributed by atoms with E-state index in [9.17, 15) is 4.79 Å². The molecule has 0 amide bonds. The molecule has 0 radical (unpaired) electrons. The van der Waals surface area contributed by atoms with Crippen LogP contribution in [0.1, 0.15) is 23.6 Å². The van der Waals surface area contributed by atoms with Crippen molar-refractivity contribution in [1.82, 2.24) is 0 Å². The van der Waals surface area contributed by atoms with Crippen LogP contribution in [0, 0.1) is 0 Å². The lowest BCUT2D eigenvalue weighted by molar-refractivity contribution is 0.324. The first-order valence-electron chi connectivity index (χ1n) is 8.03. The molecule has 0 saturated carbocycles. The van der Waals surface area contributed by atoms with Crippen LogP contribution in [0.25, 0.3) is 11.1 Å². The maximum Gasteiger partial charge on any atom is 0.203 e. The maximum absolute atomic E-state index is 12.0. The summed E-state index contributed by atoms with van der Waals surface area (Å²) in [5.41, 5.74) is 15.7. The zero-order valence-corrected chi connectivity index (χ0v) is 14.6. The summed E-state index contributed by atoms with van der Waals surface area (Å²) < 4.78 is 16.6. The van der Waals surface area contributed by atoms with Gasteiger partial charge in [-0.2, -0.15) is 0 Å². The molecule has 6 nitrogen and oxygen atoms in total. The summed E-state index contributed by atoms with van der Waals surface area (Å²) in [5, 5.41) is 0. The Labute approximate surface area is 146 Å². The van der Waals surface area contributed by atoms with Crippen LogP contribution in [0.4, 0.5) is 5.69 Å². The highest BCUT2D eigenvalue weighted by Gasteiger charge is 2.27. The summed E-state index contributed by atoms with van der Waals surface area (Å²) in [7, 11) is 4.73. The van der Waals surface area contributed by atoms with Gasteiger partial charge in [-0.15, -0.1) is 0 Å². The Hall–Kier alpha value is -2.73. The van der Waals surface area contributed by atoms with Crippen molar-refractivity contribution < 1.29 is 14.2 Å². The van der Waals surface area contributed by atoms with Gasteiger partial charge in [-0.05, 0) is 53.8 Å². The highest BCUT2D eigenvalue weighted by atomic mass is 16.5. The van der Waals surface area contributed by atoms with Crippen LogP contribution in [0.2, 0.25) is 0 Å². The largest absolute Gasteiger partial charge is 0.493 e. The summed E-state index contributed by atoms with van der Waals surface area (Å²) in [4.78, 5) is 12.0. The molecule has 0 aromatic heterocycles. The van der Waals surface area contributed by atoms with E-state index in [-0.39, 0.29) is 17.2 Å². The standard InChI is InChI=1S/C19H22N2O4/c1-23-16-8-10-4-6-13(20)12-9-14(21)15(22)7-5-11(12)17(10)19(25-3)18(16)24-2/h5,7-9,13H,4,6,20H2,1-3H3,(H2,21,22). The highest BCUT2D eigenvalue weighted by molar-refractivity contribution is 5.83. The molecule has 2 aromatic rings. The quantitative estimate of drug-likeness (QED) is 0.888. The van der Waals surface area contributed by atoms with Crippen molar-refractivity contribution in [2.45, 2.75) is 18.9 Å². The van der Waals surface area contributed by atoms with Gasteiger partial charge in [0.25, 0.3) is 0 Å². The van der Waals surface area contributed by atoms with E-state index in [1.807, 2.05) is 6.07 Å². The maximum atomic E-state index is 12.0. The molecule has 1 aliphatic rings. The fraction of sp³-hybridized carbons (Fsp3) is 0.316. The second-order valence-electron chi connectivity index (χ2n) is 5.99. The van der Waals surface area contributed by atoms with Crippen molar-refractivity contribution in [3.05, 3.63) is 45.6 Å². The van der Waals surface area contributed by atoms with Gasteiger partial charge in [0.1, 0.15) is 0 Å². The SMILES string of the molecule is COc1cc2c(c(OC)c1OC)-c1ccc(=O)c(N)cc1C(N)CC2. The third-order valence-electron chi connectivity index (χ3n) is 4.61. The number of methoxy groups -OCH3 is 3. The molecular formula is C19H22N2O4. The molecule has 3 rings (SSSR count). The molecule has 0 aliphatic heterocycles. The van der Waals surface area contributed by atoms with Gasteiger partial charge in [0.15, 0.2) is 11.5 Å². The van der Waals surface area contributed by atoms with Crippen molar-refractivity contribution in [2.75, 3.05) is 27.1 Å². The number of ether oxygens (including phenoxy) is 3. The van der Waals surface area contributed by atoms with E-state index >= 15 is 0 Å². The molecule has 1 unspecified atom stereocenters. The van der Waals surface area contributed by atoms with Gasteiger partial charge in [-0.1, -0.05) is 0 Å². The Morgan fingerprint density at radius 1 is 1.04 bits per heavy atom. The van der Waals surface area contributed by atoms with Crippen molar-refractivity contribution in [2.24, 2.45) is 5.73 Å². The van der Waals surface area contributed by atoms with Crippen molar-refractivity contribution >= 4 is 5.69 Å². The molecule has 2 aromatic carbocycles. The molecule has 0 bridgehead atoms. The fourth-order valence-corrected chi connectivity index (χ4v) is 3.37. The molecule has 0 spiro atoms. The second kappa shape index (κ2) is 6.64. The van der Waals surface area contributed by atoms with Gasteiger partial charge in [-0.25, -0.2) is 0 Å². The Kier molecular flexibility index (Phi) is 4.55. The zero-order valence-electron chi connectivity index (χ0n) is 14.6. The summed E-state index contributed by atoms with van der Waals surface area (Å²) in [5.74, 6) is 1.66. The molecule has 1 atom stereocenters. The summed E-state index contributed by atoms with van der Waals surface area (Å²) in [6.45, 7) is 0. The van der Waals surface area contributed by atoms with Crippen LogP contribution in [-0.4, -0.2) is 21.3 Å². The number of anilines is 1. The Morgan fingerprint density at radius 2 is 1.76 bits per heavy atom. The average molecular weight is 342 g/mol. The Balaban J connectivity index is 2.45. The first-order chi connectivity index (χ1) is 12.0. The van der Waals surface area contributed by atoms with Crippen molar-refractivity contribution in [3.8, 4) is 28.4 Å². The van der Waals surface area contributed by atoms with Crippen LogP contribution >= 0.6 is 0 Å². The first kappa shape index (κ1) is 17.1. The minimum atomic E-state index is -0.238. The van der Waals surface area contributed by atoms with E-state index in [4.69, 9.17) is 25.7 Å². The number of rotatable bonds is 3. The Morgan fingerprint density at radius 3 is 2.40 bits per heavy atom. The van der Waals surface area contributed by atoms with E-state index in [0.717, 1.165) is 35.1 Å². The lowest BCUT2D eigenvalue weighted by Gasteiger charge is -2.19. The lowest BCUT2D eigenvalue weighted by Crippen LogP contribution is -2.11. The lowest BCUT2D eigenvalue weighted by atomic mass is 9.95. The smallest absolute Gasteiger partial charge is 0.203 e.